The highest BCUT2D eigenvalue weighted by Gasteiger charge is 2.14. The zero-order valence-corrected chi connectivity index (χ0v) is 11.0. The number of rotatable bonds is 2. The highest BCUT2D eigenvalue weighted by Crippen LogP contribution is 2.33. The first kappa shape index (κ1) is 11.7. The summed E-state index contributed by atoms with van der Waals surface area (Å²) < 4.78 is 0. The van der Waals surface area contributed by atoms with Gasteiger partial charge < -0.3 is 15.7 Å². The van der Waals surface area contributed by atoms with Crippen molar-refractivity contribution in [3.05, 3.63) is 49.3 Å². The highest BCUT2D eigenvalue weighted by molar-refractivity contribution is 6.01. The molecule has 0 unspecified atom stereocenters. The lowest BCUT2D eigenvalue weighted by Gasteiger charge is -2.05. The van der Waals surface area contributed by atoms with Crippen molar-refractivity contribution in [2.24, 2.45) is 0 Å². The molecule has 0 bridgehead atoms. The molecule has 102 valence electrons. The topological polar surface area (TPSA) is 96.3 Å². The van der Waals surface area contributed by atoms with Gasteiger partial charge in [0.2, 0.25) is 0 Å². The molecule has 0 saturated carbocycles. The quantitative estimate of drug-likeness (QED) is 0.490. The molecule has 0 fully saturated rings. The lowest BCUT2D eigenvalue weighted by Crippen LogP contribution is -1.90. The van der Waals surface area contributed by atoms with Crippen LogP contribution in [0, 0.1) is 0 Å². The number of nitrogen functional groups attached to an aromatic ring is 1. The Balaban J connectivity index is 2.03. The molecule has 4 aromatic rings. The Morgan fingerprint density at radius 1 is 1.10 bits per heavy atom. The van der Waals surface area contributed by atoms with E-state index in [1.807, 2.05) is 30.5 Å². The SMILES string of the molecule is Nc1cccc(-c2ncnc3[nH]cc(-c4cnc[nH]4)c23)c1. The predicted molar refractivity (Wildman–Crippen MR) is 81.3 cm³/mol. The Labute approximate surface area is 120 Å². The van der Waals surface area contributed by atoms with Gasteiger partial charge in [0.15, 0.2) is 0 Å². The molecule has 0 atom stereocenters. The zero-order chi connectivity index (χ0) is 14.2. The average molecular weight is 276 g/mol. The largest absolute Gasteiger partial charge is 0.399 e. The van der Waals surface area contributed by atoms with Crippen molar-refractivity contribution in [2.75, 3.05) is 5.73 Å². The third kappa shape index (κ3) is 1.85. The summed E-state index contributed by atoms with van der Waals surface area (Å²) in [7, 11) is 0. The van der Waals surface area contributed by atoms with E-state index in [2.05, 4.69) is 24.9 Å². The fraction of sp³-hybridized carbons (Fsp3) is 0. The molecule has 4 N–H and O–H groups in total. The van der Waals surface area contributed by atoms with E-state index >= 15 is 0 Å². The molecule has 3 heterocycles. The summed E-state index contributed by atoms with van der Waals surface area (Å²) in [6.45, 7) is 0. The van der Waals surface area contributed by atoms with Gasteiger partial charge in [0, 0.05) is 23.0 Å². The van der Waals surface area contributed by atoms with Gasteiger partial charge in [0.1, 0.15) is 12.0 Å². The maximum absolute atomic E-state index is 5.88. The van der Waals surface area contributed by atoms with Gasteiger partial charge in [-0.15, -0.1) is 0 Å². The monoisotopic (exact) mass is 276 g/mol. The molecular formula is C15H12N6. The van der Waals surface area contributed by atoms with E-state index in [-0.39, 0.29) is 0 Å². The number of nitrogens with one attached hydrogen (secondary N) is 2. The molecule has 0 aliphatic rings. The van der Waals surface area contributed by atoms with Crippen LogP contribution >= 0.6 is 0 Å². The van der Waals surface area contributed by atoms with E-state index in [4.69, 9.17) is 5.73 Å². The summed E-state index contributed by atoms with van der Waals surface area (Å²) in [4.78, 5) is 19.1. The van der Waals surface area contributed by atoms with E-state index in [1.165, 1.54) is 0 Å². The number of nitrogens with zero attached hydrogens (tertiary/aromatic N) is 3. The van der Waals surface area contributed by atoms with Gasteiger partial charge in [-0.05, 0) is 12.1 Å². The number of anilines is 1. The third-order valence-electron chi connectivity index (χ3n) is 3.42. The summed E-state index contributed by atoms with van der Waals surface area (Å²) >= 11 is 0. The minimum atomic E-state index is 0.706. The second-order valence-corrected chi connectivity index (χ2v) is 4.74. The van der Waals surface area contributed by atoms with Crippen LogP contribution in [0.1, 0.15) is 0 Å². The van der Waals surface area contributed by atoms with Crippen LogP contribution in [0.25, 0.3) is 33.5 Å². The van der Waals surface area contributed by atoms with Gasteiger partial charge in [0.25, 0.3) is 0 Å². The number of imidazole rings is 1. The molecule has 4 rings (SSSR count). The van der Waals surface area contributed by atoms with Crippen LogP contribution in [0.4, 0.5) is 5.69 Å². The van der Waals surface area contributed by atoms with Crippen LogP contribution in [-0.4, -0.2) is 24.9 Å². The molecule has 21 heavy (non-hydrogen) atoms. The van der Waals surface area contributed by atoms with Gasteiger partial charge >= 0.3 is 0 Å². The van der Waals surface area contributed by atoms with E-state index in [1.54, 1.807) is 18.9 Å². The molecule has 0 spiro atoms. The fourth-order valence-electron chi connectivity index (χ4n) is 2.48. The molecular weight excluding hydrogens is 264 g/mol. The van der Waals surface area contributed by atoms with E-state index in [0.29, 0.717) is 5.69 Å². The summed E-state index contributed by atoms with van der Waals surface area (Å²) in [6, 6.07) is 7.67. The second kappa shape index (κ2) is 4.45. The number of hydrogen-bond acceptors (Lipinski definition) is 4. The Kier molecular flexibility index (Phi) is 2.47. The van der Waals surface area contributed by atoms with Crippen LogP contribution in [0.5, 0.6) is 0 Å². The molecule has 3 aromatic heterocycles. The summed E-state index contributed by atoms with van der Waals surface area (Å²) in [6.07, 6.45) is 6.88. The Bertz CT molecular complexity index is 907. The Morgan fingerprint density at radius 2 is 2.05 bits per heavy atom. The summed E-state index contributed by atoms with van der Waals surface area (Å²) in [5.41, 5.74) is 11.1. The van der Waals surface area contributed by atoms with Crippen LogP contribution in [-0.2, 0) is 0 Å². The van der Waals surface area contributed by atoms with Crippen molar-refractivity contribution in [3.8, 4) is 22.5 Å². The number of benzene rings is 1. The fourth-order valence-corrected chi connectivity index (χ4v) is 2.48. The van der Waals surface area contributed by atoms with Crippen molar-refractivity contribution in [1.29, 1.82) is 0 Å². The van der Waals surface area contributed by atoms with E-state index in [9.17, 15) is 0 Å². The lowest BCUT2D eigenvalue weighted by atomic mass is 10.0. The van der Waals surface area contributed by atoms with Crippen molar-refractivity contribution in [2.45, 2.75) is 0 Å². The van der Waals surface area contributed by atoms with Crippen molar-refractivity contribution < 1.29 is 0 Å². The Hall–Kier alpha value is -3.15. The van der Waals surface area contributed by atoms with Crippen molar-refractivity contribution in [3.63, 3.8) is 0 Å². The van der Waals surface area contributed by atoms with Gasteiger partial charge in [-0.3, -0.25) is 0 Å². The van der Waals surface area contributed by atoms with Crippen LogP contribution in [0.3, 0.4) is 0 Å². The number of nitrogens with two attached hydrogens (primary N) is 1. The summed E-state index contributed by atoms with van der Waals surface area (Å²) in [5.74, 6) is 0. The molecule has 0 amide bonds. The normalized spacial score (nSPS) is 11.0. The molecule has 0 aliphatic carbocycles. The zero-order valence-electron chi connectivity index (χ0n) is 11.0. The molecule has 0 aliphatic heterocycles. The van der Waals surface area contributed by atoms with Gasteiger partial charge in [-0.1, -0.05) is 12.1 Å². The first-order chi connectivity index (χ1) is 10.3. The number of hydrogen-bond donors (Lipinski definition) is 3. The highest BCUT2D eigenvalue weighted by atomic mass is 14.9. The third-order valence-corrected chi connectivity index (χ3v) is 3.42. The standard InChI is InChI=1S/C15H12N6/c16-10-3-1-2-9(4-10)14-13-11(12-6-17-7-19-12)5-18-15(13)21-8-20-14/h1-8H,16H2,(H,17,19)(H,18,20,21). The van der Waals surface area contributed by atoms with Crippen LogP contribution in [0.15, 0.2) is 49.3 Å². The van der Waals surface area contributed by atoms with Crippen molar-refractivity contribution in [1.82, 2.24) is 24.9 Å². The molecule has 6 heteroatoms. The maximum atomic E-state index is 5.88. The molecule has 0 saturated heterocycles. The second-order valence-electron chi connectivity index (χ2n) is 4.74. The van der Waals surface area contributed by atoms with Crippen LogP contribution in [0.2, 0.25) is 0 Å². The minimum Gasteiger partial charge on any atom is -0.399 e. The van der Waals surface area contributed by atoms with E-state index < -0.39 is 0 Å². The summed E-state index contributed by atoms with van der Waals surface area (Å²) in [5, 5.41) is 0.951. The molecule has 6 nitrogen and oxygen atoms in total. The van der Waals surface area contributed by atoms with Gasteiger partial charge in [-0.25, -0.2) is 15.0 Å². The van der Waals surface area contributed by atoms with Crippen molar-refractivity contribution >= 4 is 16.7 Å². The maximum Gasteiger partial charge on any atom is 0.142 e. The van der Waals surface area contributed by atoms with Gasteiger partial charge in [-0.2, -0.15) is 0 Å². The molecule has 0 radical (unpaired) electrons. The molecule has 1 aromatic carbocycles. The number of aromatic amines is 2. The van der Waals surface area contributed by atoms with Gasteiger partial charge in [0.05, 0.1) is 29.3 Å². The first-order valence-corrected chi connectivity index (χ1v) is 6.49. The Morgan fingerprint density at radius 3 is 2.86 bits per heavy atom. The van der Waals surface area contributed by atoms with Crippen LogP contribution < -0.4 is 5.73 Å². The first-order valence-electron chi connectivity index (χ1n) is 6.49. The predicted octanol–water partition coefficient (Wildman–Crippen LogP) is 2.60. The smallest absolute Gasteiger partial charge is 0.142 e. The average Bonchev–Trinajstić information content (AvgIpc) is 3.15. The van der Waals surface area contributed by atoms with E-state index in [0.717, 1.165) is 33.5 Å². The number of H-pyrrole nitrogens is 2. The number of fused-ring (bicyclic) bond motifs is 1. The lowest BCUT2D eigenvalue weighted by molar-refractivity contribution is 1.20. The number of aromatic nitrogens is 5. The minimum absolute atomic E-state index is 0.706.